The van der Waals surface area contributed by atoms with Crippen molar-refractivity contribution in [3.8, 4) is 11.1 Å². The quantitative estimate of drug-likeness (QED) is 0.141. The molecule has 44 heavy (non-hydrogen) atoms. The number of carbonyl (C=O) groups excluding carboxylic acids is 2. The van der Waals surface area contributed by atoms with E-state index in [-0.39, 0.29) is 17.9 Å². The zero-order valence-electron chi connectivity index (χ0n) is 25.1. The highest BCUT2D eigenvalue weighted by molar-refractivity contribution is 14.1. The number of nitrogens with zero attached hydrogens (tertiary/aromatic N) is 2. The van der Waals surface area contributed by atoms with Crippen LogP contribution in [-0.2, 0) is 27.3 Å². The lowest BCUT2D eigenvalue weighted by Crippen LogP contribution is -2.42. The molecule has 3 heterocycles. The minimum Gasteiger partial charge on any atom is -0.385 e. The summed E-state index contributed by atoms with van der Waals surface area (Å²) in [4.78, 5) is 28.3. The number of halogens is 1. The third-order valence-corrected chi connectivity index (χ3v) is 10.9. The van der Waals surface area contributed by atoms with E-state index in [1.54, 1.807) is 18.9 Å². The Morgan fingerprint density at radius 1 is 1.14 bits per heavy atom. The summed E-state index contributed by atoms with van der Waals surface area (Å²) in [6, 6.07) is 23.0. The predicted octanol–water partition coefficient (Wildman–Crippen LogP) is 6.66. The number of hydrogen-bond acceptors (Lipinski definition) is 5. The summed E-state index contributed by atoms with van der Waals surface area (Å²) >= 11 is 4.07. The van der Waals surface area contributed by atoms with E-state index in [2.05, 4.69) is 87.1 Å². The number of thioether (sulfide) groups is 1. The van der Waals surface area contributed by atoms with Gasteiger partial charge in [-0.05, 0) is 83.2 Å². The number of aryl methyl sites for hydroxylation is 1. The number of aromatic nitrogens is 1. The number of anilines is 1. The number of nitrogens with two attached hydrogens (primary N) is 1. The van der Waals surface area contributed by atoms with E-state index in [0.29, 0.717) is 24.5 Å². The minimum atomic E-state index is -0.238. The molecular weight excluding hydrogens is 683 g/mol. The molecule has 0 radical (unpaired) electrons. The highest BCUT2D eigenvalue weighted by Gasteiger charge is 2.30. The van der Waals surface area contributed by atoms with E-state index in [1.807, 2.05) is 17.0 Å². The lowest BCUT2D eigenvalue weighted by atomic mass is 9.93. The maximum atomic E-state index is 13.5. The normalized spacial score (nSPS) is 17.4. The lowest BCUT2D eigenvalue weighted by Gasteiger charge is -2.34. The van der Waals surface area contributed by atoms with Crippen LogP contribution in [0.1, 0.15) is 42.9 Å². The maximum absolute atomic E-state index is 13.5. The lowest BCUT2D eigenvalue weighted by molar-refractivity contribution is -0.132. The second-order valence-electron chi connectivity index (χ2n) is 11.8. The fourth-order valence-electron chi connectivity index (χ4n) is 6.53. The maximum Gasteiger partial charge on any atom is 0.234 e. The fraction of sp³-hybridized carbons (Fsp3) is 0.371. The van der Waals surface area contributed by atoms with Crippen molar-refractivity contribution in [2.75, 3.05) is 37.9 Å². The van der Waals surface area contributed by atoms with Crippen LogP contribution in [0, 0.1) is 3.57 Å². The number of methoxy groups -OCH3 is 1. The van der Waals surface area contributed by atoms with Gasteiger partial charge in [-0.2, -0.15) is 0 Å². The van der Waals surface area contributed by atoms with Crippen molar-refractivity contribution in [2.45, 2.75) is 55.5 Å². The van der Waals surface area contributed by atoms with Crippen molar-refractivity contribution in [1.82, 2.24) is 9.47 Å². The van der Waals surface area contributed by atoms with Crippen LogP contribution in [0.5, 0.6) is 0 Å². The molecule has 9 heteroatoms. The van der Waals surface area contributed by atoms with Gasteiger partial charge in [0.25, 0.3) is 0 Å². The van der Waals surface area contributed by atoms with E-state index < -0.39 is 0 Å². The van der Waals surface area contributed by atoms with Crippen molar-refractivity contribution in [2.24, 2.45) is 5.73 Å². The first-order valence-corrected chi connectivity index (χ1v) is 17.4. The Kier molecular flexibility index (Phi) is 9.95. The summed E-state index contributed by atoms with van der Waals surface area (Å²) in [5, 5.41) is 4.22. The minimum absolute atomic E-state index is 0.0434. The van der Waals surface area contributed by atoms with Crippen LogP contribution in [0.25, 0.3) is 22.0 Å². The zero-order chi connectivity index (χ0) is 30.6. The first-order valence-electron chi connectivity index (χ1n) is 15.4. The highest BCUT2D eigenvalue weighted by atomic mass is 127. The van der Waals surface area contributed by atoms with Crippen molar-refractivity contribution in [1.29, 1.82) is 0 Å². The van der Waals surface area contributed by atoms with Crippen LogP contribution in [0.2, 0.25) is 0 Å². The standard InChI is InChI=1S/C35H39IN4O3S/c1-43-17-5-16-40-30-8-3-2-7-28(30)34(36)35(40)26-6-4-15-39(21-26)33(42)20-27(37)18-23-9-11-24(12-10-23)25-13-14-29-31(19-25)44-22-32(41)38-29/h2-3,7-14,19,26-27H,4-6,15-18,20-22,37H2,1H3,(H,38,41)/t26?,27-/m1/s1. The van der Waals surface area contributed by atoms with Crippen LogP contribution in [0.15, 0.2) is 71.6 Å². The van der Waals surface area contributed by atoms with E-state index >= 15 is 0 Å². The Labute approximate surface area is 277 Å². The number of para-hydroxylation sites is 1. The summed E-state index contributed by atoms with van der Waals surface area (Å²) in [6.45, 7) is 3.16. The average molecular weight is 723 g/mol. The Morgan fingerprint density at radius 2 is 1.93 bits per heavy atom. The van der Waals surface area contributed by atoms with Crippen LogP contribution < -0.4 is 11.1 Å². The Balaban J connectivity index is 1.09. The molecule has 3 aromatic carbocycles. The highest BCUT2D eigenvalue weighted by Crippen LogP contribution is 2.38. The van der Waals surface area contributed by atoms with Crippen LogP contribution in [-0.4, -0.2) is 59.9 Å². The van der Waals surface area contributed by atoms with Crippen molar-refractivity contribution >= 4 is 62.8 Å². The molecule has 2 aliphatic rings. The number of hydrogen-bond donors (Lipinski definition) is 2. The largest absolute Gasteiger partial charge is 0.385 e. The Morgan fingerprint density at radius 3 is 2.75 bits per heavy atom. The molecule has 4 aromatic rings. The van der Waals surface area contributed by atoms with E-state index in [1.165, 1.54) is 20.2 Å². The molecule has 1 unspecified atom stereocenters. The summed E-state index contributed by atoms with van der Waals surface area (Å²) in [5.74, 6) is 0.941. The van der Waals surface area contributed by atoms with E-state index in [9.17, 15) is 9.59 Å². The molecule has 0 spiro atoms. The van der Waals surface area contributed by atoms with Gasteiger partial charge >= 0.3 is 0 Å². The van der Waals surface area contributed by atoms with E-state index in [0.717, 1.165) is 72.8 Å². The number of benzene rings is 3. The summed E-state index contributed by atoms with van der Waals surface area (Å²) in [6.07, 6.45) is 4.03. The number of rotatable bonds is 10. The first kappa shape index (κ1) is 31.1. The molecule has 3 N–H and O–H groups in total. The first-order chi connectivity index (χ1) is 21.4. The summed E-state index contributed by atoms with van der Waals surface area (Å²) < 4.78 is 9.12. The van der Waals surface area contributed by atoms with Crippen LogP contribution in [0.4, 0.5) is 5.69 Å². The molecule has 7 nitrogen and oxygen atoms in total. The van der Waals surface area contributed by atoms with Gasteiger partial charge in [0.05, 0.1) is 11.4 Å². The molecule has 0 saturated carbocycles. The van der Waals surface area contributed by atoms with Gasteiger partial charge in [-0.3, -0.25) is 9.59 Å². The van der Waals surface area contributed by atoms with Crippen LogP contribution in [0.3, 0.4) is 0 Å². The number of carbonyl (C=O) groups is 2. The zero-order valence-corrected chi connectivity index (χ0v) is 28.0. The molecule has 2 aliphatic heterocycles. The molecular formula is C35H39IN4O3S. The molecule has 1 fully saturated rings. The molecule has 6 rings (SSSR count). The SMILES string of the molecule is COCCCn1c(C2CCCN(C(=O)C[C@H](N)Cc3ccc(-c4ccc5c(c4)SCC(=O)N5)cc3)C2)c(I)c2ccccc21. The molecule has 0 bridgehead atoms. The number of nitrogens with one attached hydrogen (secondary N) is 1. The number of amides is 2. The van der Waals surface area contributed by atoms with Gasteiger partial charge in [0.1, 0.15) is 0 Å². The molecule has 2 amide bonds. The predicted molar refractivity (Wildman–Crippen MR) is 187 cm³/mol. The fourth-order valence-corrected chi connectivity index (χ4v) is 8.56. The second kappa shape index (κ2) is 14.1. The van der Waals surface area contributed by atoms with Crippen LogP contribution >= 0.6 is 34.4 Å². The van der Waals surface area contributed by atoms with Crippen molar-refractivity contribution < 1.29 is 14.3 Å². The molecule has 1 saturated heterocycles. The van der Waals surface area contributed by atoms with Gasteiger partial charge in [0.2, 0.25) is 11.8 Å². The monoisotopic (exact) mass is 722 g/mol. The summed E-state index contributed by atoms with van der Waals surface area (Å²) in [5.41, 5.74) is 13.4. The third kappa shape index (κ3) is 6.85. The van der Waals surface area contributed by atoms with Gasteiger partial charge in [-0.15, -0.1) is 11.8 Å². The topological polar surface area (TPSA) is 89.6 Å². The molecule has 1 aromatic heterocycles. The van der Waals surface area contributed by atoms with Crippen molar-refractivity contribution in [3.63, 3.8) is 0 Å². The number of fused-ring (bicyclic) bond motifs is 2. The van der Waals surface area contributed by atoms with Gasteiger partial charge in [0.15, 0.2) is 0 Å². The van der Waals surface area contributed by atoms with Gasteiger partial charge < -0.3 is 25.3 Å². The molecule has 0 aliphatic carbocycles. The summed E-state index contributed by atoms with van der Waals surface area (Å²) in [7, 11) is 1.75. The second-order valence-corrected chi connectivity index (χ2v) is 13.9. The van der Waals surface area contributed by atoms with Gasteiger partial charge in [0, 0.05) is 76.8 Å². The Bertz CT molecular complexity index is 1650. The number of likely N-dealkylation sites (tertiary alicyclic amines) is 1. The number of ether oxygens (including phenoxy) is 1. The molecule has 230 valence electrons. The Hall–Kier alpha value is -2.86. The third-order valence-electron chi connectivity index (χ3n) is 8.67. The molecule has 2 atom stereocenters. The number of piperidine rings is 1. The van der Waals surface area contributed by atoms with Gasteiger partial charge in [-0.1, -0.05) is 48.5 Å². The van der Waals surface area contributed by atoms with Crippen molar-refractivity contribution in [3.05, 3.63) is 81.6 Å². The smallest absolute Gasteiger partial charge is 0.234 e. The van der Waals surface area contributed by atoms with Gasteiger partial charge in [-0.25, -0.2) is 0 Å². The average Bonchev–Trinajstić information content (AvgIpc) is 3.32. The van der Waals surface area contributed by atoms with E-state index in [4.69, 9.17) is 10.5 Å².